The van der Waals surface area contributed by atoms with Gasteiger partial charge in [-0.05, 0) is 30.9 Å². The molecule has 2 heterocycles. The minimum Gasteiger partial charge on any atom is -0.376 e. The van der Waals surface area contributed by atoms with Crippen LogP contribution < -0.4 is 5.32 Å². The number of amides is 1. The fourth-order valence-electron chi connectivity index (χ4n) is 3.02. The second kappa shape index (κ2) is 8.01. The fraction of sp³-hybridized carbons (Fsp3) is 0.529. The topological polar surface area (TPSA) is 81.9 Å². The number of carbonyl (C=O) groups excluding carboxylic acids is 1. The summed E-state index contributed by atoms with van der Waals surface area (Å²) < 4.78 is 7.43. The number of carbonyl (C=O) groups is 1. The maximum Gasteiger partial charge on any atom is 0.251 e. The van der Waals surface area contributed by atoms with Crippen LogP contribution in [0.2, 0.25) is 0 Å². The summed E-state index contributed by atoms with van der Waals surface area (Å²) in [6, 6.07) is 3.37. The van der Waals surface area contributed by atoms with E-state index in [0.717, 1.165) is 6.42 Å². The number of pyridine rings is 1. The lowest BCUT2D eigenvalue weighted by molar-refractivity contribution is -0.00293. The summed E-state index contributed by atoms with van der Waals surface area (Å²) >= 11 is 0. The Kier molecular flexibility index (Phi) is 5.53. The van der Waals surface area contributed by atoms with Crippen LogP contribution in [0.1, 0.15) is 43.0 Å². The SMILES string of the molecule is C[C@@H]1CCCC[C@@H]1OCCNC(=O)c1ccnc(-n2cncn2)c1. The molecule has 2 aromatic heterocycles. The van der Waals surface area contributed by atoms with E-state index in [-0.39, 0.29) is 5.91 Å². The van der Waals surface area contributed by atoms with Gasteiger partial charge in [0.25, 0.3) is 5.91 Å². The predicted molar refractivity (Wildman–Crippen MR) is 88.9 cm³/mol. The summed E-state index contributed by atoms with van der Waals surface area (Å²) in [7, 11) is 0. The van der Waals surface area contributed by atoms with Gasteiger partial charge in [0.2, 0.25) is 0 Å². The lowest BCUT2D eigenvalue weighted by Gasteiger charge is -2.28. The first-order valence-electron chi connectivity index (χ1n) is 8.45. The number of hydrogen-bond acceptors (Lipinski definition) is 5. The Morgan fingerprint density at radius 2 is 2.29 bits per heavy atom. The Bertz CT molecular complexity index is 659. The van der Waals surface area contributed by atoms with Crippen LogP contribution >= 0.6 is 0 Å². The molecule has 2 aromatic rings. The molecule has 128 valence electrons. The Labute approximate surface area is 141 Å². The van der Waals surface area contributed by atoms with E-state index in [2.05, 4.69) is 27.3 Å². The minimum atomic E-state index is -0.140. The van der Waals surface area contributed by atoms with Gasteiger partial charge in [-0.1, -0.05) is 19.8 Å². The molecule has 7 heteroatoms. The molecule has 0 unspecified atom stereocenters. The zero-order valence-corrected chi connectivity index (χ0v) is 13.9. The average molecular weight is 329 g/mol. The van der Waals surface area contributed by atoms with Crippen molar-refractivity contribution in [2.75, 3.05) is 13.2 Å². The second-order valence-corrected chi connectivity index (χ2v) is 6.17. The molecule has 0 aromatic carbocycles. The second-order valence-electron chi connectivity index (χ2n) is 6.17. The van der Waals surface area contributed by atoms with Gasteiger partial charge in [-0.3, -0.25) is 4.79 Å². The van der Waals surface area contributed by atoms with Crippen molar-refractivity contribution in [3.8, 4) is 5.82 Å². The minimum absolute atomic E-state index is 0.140. The summed E-state index contributed by atoms with van der Waals surface area (Å²) in [4.78, 5) is 20.3. The summed E-state index contributed by atoms with van der Waals surface area (Å²) in [5.41, 5.74) is 0.543. The monoisotopic (exact) mass is 329 g/mol. The molecule has 0 saturated heterocycles. The van der Waals surface area contributed by atoms with Crippen molar-refractivity contribution in [2.45, 2.75) is 38.7 Å². The van der Waals surface area contributed by atoms with Crippen LogP contribution in [0.15, 0.2) is 31.0 Å². The maximum absolute atomic E-state index is 12.2. The zero-order valence-electron chi connectivity index (χ0n) is 13.9. The Morgan fingerprint density at radius 1 is 1.42 bits per heavy atom. The average Bonchev–Trinajstić information content (AvgIpc) is 3.15. The Balaban J connectivity index is 1.48. The van der Waals surface area contributed by atoms with E-state index < -0.39 is 0 Å². The van der Waals surface area contributed by atoms with E-state index in [1.54, 1.807) is 24.7 Å². The third-order valence-corrected chi connectivity index (χ3v) is 4.41. The zero-order chi connectivity index (χ0) is 16.8. The Hall–Kier alpha value is -2.28. The molecule has 0 aliphatic heterocycles. The van der Waals surface area contributed by atoms with E-state index in [1.165, 1.54) is 30.3 Å². The van der Waals surface area contributed by atoms with Crippen LogP contribution in [-0.4, -0.2) is 44.9 Å². The summed E-state index contributed by atoms with van der Waals surface area (Å²) in [6.45, 7) is 3.29. The molecule has 7 nitrogen and oxygen atoms in total. The van der Waals surface area contributed by atoms with E-state index in [4.69, 9.17) is 4.74 Å². The predicted octanol–water partition coefficient (Wildman–Crippen LogP) is 1.99. The van der Waals surface area contributed by atoms with E-state index in [0.29, 0.717) is 36.6 Å². The molecule has 1 saturated carbocycles. The first kappa shape index (κ1) is 16.6. The van der Waals surface area contributed by atoms with Crippen molar-refractivity contribution < 1.29 is 9.53 Å². The molecule has 2 atom stereocenters. The number of aromatic nitrogens is 4. The van der Waals surface area contributed by atoms with Crippen LogP contribution in [0, 0.1) is 5.92 Å². The molecule has 3 rings (SSSR count). The fourth-order valence-corrected chi connectivity index (χ4v) is 3.02. The van der Waals surface area contributed by atoms with E-state index in [1.807, 2.05) is 0 Å². The van der Waals surface area contributed by atoms with Gasteiger partial charge in [0, 0.05) is 18.3 Å². The molecular weight excluding hydrogens is 306 g/mol. The number of ether oxygens (including phenoxy) is 1. The summed E-state index contributed by atoms with van der Waals surface area (Å²) in [6.07, 6.45) is 9.79. The molecule has 1 fully saturated rings. The van der Waals surface area contributed by atoms with Crippen LogP contribution in [0.3, 0.4) is 0 Å². The van der Waals surface area contributed by atoms with Crippen LogP contribution in [0.4, 0.5) is 0 Å². The molecule has 1 amide bonds. The molecule has 1 aliphatic rings. The van der Waals surface area contributed by atoms with Gasteiger partial charge >= 0.3 is 0 Å². The summed E-state index contributed by atoms with van der Waals surface area (Å²) in [5, 5.41) is 6.90. The molecule has 1 N–H and O–H groups in total. The van der Waals surface area contributed by atoms with Crippen molar-refractivity contribution in [3.05, 3.63) is 36.5 Å². The number of nitrogens with one attached hydrogen (secondary N) is 1. The lowest BCUT2D eigenvalue weighted by Crippen LogP contribution is -2.31. The number of hydrogen-bond donors (Lipinski definition) is 1. The quantitative estimate of drug-likeness (QED) is 0.820. The largest absolute Gasteiger partial charge is 0.376 e. The maximum atomic E-state index is 12.2. The highest BCUT2D eigenvalue weighted by molar-refractivity contribution is 5.94. The molecular formula is C17H23N5O2. The third kappa shape index (κ3) is 4.17. The van der Waals surface area contributed by atoms with Crippen LogP contribution in [-0.2, 0) is 4.74 Å². The molecule has 24 heavy (non-hydrogen) atoms. The van der Waals surface area contributed by atoms with Gasteiger partial charge in [0.05, 0.1) is 12.7 Å². The number of nitrogens with zero attached hydrogens (tertiary/aromatic N) is 4. The highest BCUT2D eigenvalue weighted by atomic mass is 16.5. The summed E-state index contributed by atoms with van der Waals surface area (Å²) in [5.74, 6) is 1.03. The van der Waals surface area contributed by atoms with Crippen molar-refractivity contribution in [1.29, 1.82) is 0 Å². The van der Waals surface area contributed by atoms with Crippen molar-refractivity contribution in [3.63, 3.8) is 0 Å². The van der Waals surface area contributed by atoms with E-state index >= 15 is 0 Å². The van der Waals surface area contributed by atoms with Gasteiger partial charge < -0.3 is 10.1 Å². The van der Waals surface area contributed by atoms with Gasteiger partial charge in [0.15, 0.2) is 5.82 Å². The first-order valence-corrected chi connectivity index (χ1v) is 8.45. The van der Waals surface area contributed by atoms with E-state index in [9.17, 15) is 4.79 Å². The first-order chi connectivity index (χ1) is 11.7. The molecule has 0 bridgehead atoms. The van der Waals surface area contributed by atoms with Gasteiger partial charge in [-0.15, -0.1) is 0 Å². The standard InChI is InChI=1S/C17H23N5O2/c1-13-4-2-3-5-15(13)24-9-8-20-17(23)14-6-7-19-16(10-14)22-12-18-11-21-22/h6-7,10-13,15H,2-5,8-9H2,1H3,(H,20,23)/t13-,15+/m1/s1. The normalized spacial score (nSPS) is 20.7. The van der Waals surface area contributed by atoms with Gasteiger partial charge in [0.1, 0.15) is 12.7 Å². The Morgan fingerprint density at radius 3 is 3.08 bits per heavy atom. The van der Waals surface area contributed by atoms with Crippen molar-refractivity contribution in [2.24, 2.45) is 5.92 Å². The molecule has 1 aliphatic carbocycles. The molecule has 0 spiro atoms. The van der Waals surface area contributed by atoms with Gasteiger partial charge in [-0.2, -0.15) is 5.10 Å². The van der Waals surface area contributed by atoms with Crippen LogP contribution in [0.25, 0.3) is 5.82 Å². The highest BCUT2D eigenvalue weighted by Crippen LogP contribution is 2.25. The third-order valence-electron chi connectivity index (χ3n) is 4.41. The highest BCUT2D eigenvalue weighted by Gasteiger charge is 2.21. The van der Waals surface area contributed by atoms with Crippen LogP contribution in [0.5, 0.6) is 0 Å². The lowest BCUT2D eigenvalue weighted by atomic mass is 9.88. The van der Waals surface area contributed by atoms with Gasteiger partial charge in [-0.25, -0.2) is 14.6 Å². The van der Waals surface area contributed by atoms with Crippen molar-refractivity contribution >= 4 is 5.91 Å². The smallest absolute Gasteiger partial charge is 0.251 e. The number of rotatable bonds is 6. The molecule has 0 radical (unpaired) electrons. The van der Waals surface area contributed by atoms with Crippen molar-refractivity contribution in [1.82, 2.24) is 25.1 Å².